The lowest BCUT2D eigenvalue weighted by atomic mass is 10.1. The van der Waals surface area contributed by atoms with Gasteiger partial charge in [0.25, 0.3) is 10.1 Å². The predicted molar refractivity (Wildman–Crippen MR) is 76.7 cm³/mol. The Morgan fingerprint density at radius 2 is 1.63 bits per heavy atom. The number of hydrogen-bond donors (Lipinski definition) is 1. The van der Waals surface area contributed by atoms with E-state index >= 15 is 0 Å². The zero-order chi connectivity index (χ0) is 14.7. The monoisotopic (exact) mass is 293 g/mol. The molecule has 114 valence electrons. The molecule has 6 heteroatoms. The molecule has 0 spiro atoms. The van der Waals surface area contributed by atoms with Crippen LogP contribution in [-0.2, 0) is 14.9 Å². The fourth-order valence-corrected chi connectivity index (χ4v) is 2.35. The first-order chi connectivity index (χ1) is 8.87. The van der Waals surface area contributed by atoms with E-state index in [9.17, 15) is 13.2 Å². The van der Waals surface area contributed by atoms with Crippen LogP contribution in [0.2, 0.25) is 0 Å². The third-order valence-corrected chi connectivity index (χ3v) is 3.87. The first-order valence-corrected chi connectivity index (χ1v) is 8.67. The van der Waals surface area contributed by atoms with Gasteiger partial charge >= 0.3 is 0 Å². The van der Waals surface area contributed by atoms with Crippen molar-refractivity contribution in [1.82, 2.24) is 4.90 Å². The minimum Gasteiger partial charge on any atom is -0.346 e. The molecule has 0 fully saturated rings. The van der Waals surface area contributed by atoms with Crippen LogP contribution in [0, 0.1) is 0 Å². The number of hydrogen-bond acceptors (Lipinski definition) is 3. The van der Waals surface area contributed by atoms with Crippen LogP contribution in [0.4, 0.5) is 0 Å². The van der Waals surface area contributed by atoms with Crippen molar-refractivity contribution in [2.45, 2.75) is 58.3 Å². The van der Waals surface area contributed by atoms with Crippen LogP contribution in [-0.4, -0.2) is 43.1 Å². The van der Waals surface area contributed by atoms with Crippen molar-refractivity contribution in [3.63, 3.8) is 0 Å². The third-order valence-electron chi connectivity index (χ3n) is 3.07. The van der Waals surface area contributed by atoms with E-state index in [4.69, 9.17) is 4.55 Å². The van der Waals surface area contributed by atoms with Crippen LogP contribution in [0.15, 0.2) is 0 Å². The second-order valence-corrected chi connectivity index (χ2v) is 6.54. The Bertz CT molecular complexity index is 341. The molecule has 0 radical (unpaired) electrons. The van der Waals surface area contributed by atoms with E-state index in [-0.39, 0.29) is 18.1 Å². The van der Waals surface area contributed by atoms with Crippen molar-refractivity contribution in [2.75, 3.05) is 19.3 Å². The summed E-state index contributed by atoms with van der Waals surface area (Å²) in [5.41, 5.74) is 0. The van der Waals surface area contributed by atoms with Gasteiger partial charge in [-0.05, 0) is 12.8 Å². The van der Waals surface area contributed by atoms with Gasteiger partial charge in [0.05, 0.1) is 5.75 Å². The van der Waals surface area contributed by atoms with Gasteiger partial charge in [0, 0.05) is 20.0 Å². The topological polar surface area (TPSA) is 74.7 Å². The van der Waals surface area contributed by atoms with E-state index in [0.717, 1.165) is 12.8 Å². The van der Waals surface area contributed by atoms with E-state index in [1.165, 1.54) is 30.6 Å². The molecule has 0 aromatic carbocycles. The van der Waals surface area contributed by atoms with Gasteiger partial charge < -0.3 is 4.90 Å². The van der Waals surface area contributed by atoms with Crippen LogP contribution in [0.1, 0.15) is 58.3 Å². The van der Waals surface area contributed by atoms with Crippen molar-refractivity contribution in [2.24, 2.45) is 0 Å². The molecule has 0 saturated carbocycles. The van der Waals surface area contributed by atoms with E-state index in [1.54, 1.807) is 7.05 Å². The molecule has 1 N–H and O–H groups in total. The quantitative estimate of drug-likeness (QED) is 0.469. The largest absolute Gasteiger partial charge is 0.346 e. The van der Waals surface area contributed by atoms with Crippen molar-refractivity contribution in [1.29, 1.82) is 0 Å². The minimum absolute atomic E-state index is 0.0471. The third kappa shape index (κ3) is 12.2. The maximum atomic E-state index is 11.7. The number of nitrogens with zero attached hydrogens (tertiary/aromatic N) is 1. The molecule has 0 unspecified atom stereocenters. The summed E-state index contributed by atoms with van der Waals surface area (Å²) in [6, 6.07) is 0. The molecule has 0 bridgehead atoms. The first-order valence-electron chi connectivity index (χ1n) is 7.06. The van der Waals surface area contributed by atoms with Crippen LogP contribution in [0.25, 0.3) is 0 Å². The highest BCUT2D eigenvalue weighted by molar-refractivity contribution is 7.85. The molecule has 0 aliphatic heterocycles. The highest BCUT2D eigenvalue weighted by Crippen LogP contribution is 2.08. The first kappa shape index (κ1) is 18.4. The maximum absolute atomic E-state index is 11.7. The number of unbranched alkanes of at least 4 members (excludes halogenated alkanes) is 5. The minimum atomic E-state index is -3.91. The molecule has 19 heavy (non-hydrogen) atoms. The van der Waals surface area contributed by atoms with Gasteiger partial charge in [0.15, 0.2) is 0 Å². The lowest BCUT2D eigenvalue weighted by molar-refractivity contribution is -0.130. The Morgan fingerprint density at radius 3 is 2.21 bits per heavy atom. The van der Waals surface area contributed by atoms with Crippen LogP contribution in [0.3, 0.4) is 0 Å². The number of carbonyl (C=O) groups is 1. The molecule has 0 aliphatic carbocycles. The lowest BCUT2D eigenvalue weighted by Gasteiger charge is -2.16. The molecule has 0 aliphatic rings. The van der Waals surface area contributed by atoms with E-state index in [1.807, 2.05) is 0 Å². The van der Waals surface area contributed by atoms with Gasteiger partial charge in [-0.15, -0.1) is 0 Å². The van der Waals surface area contributed by atoms with Crippen LogP contribution < -0.4 is 0 Å². The van der Waals surface area contributed by atoms with Gasteiger partial charge in [-0.1, -0.05) is 39.0 Å². The molecule has 0 aromatic rings. The van der Waals surface area contributed by atoms with Gasteiger partial charge in [0.2, 0.25) is 5.91 Å². The second kappa shape index (κ2) is 10.2. The Hall–Kier alpha value is -0.620. The zero-order valence-electron chi connectivity index (χ0n) is 12.1. The molecular formula is C13H27NO4S. The Balaban J connectivity index is 3.59. The fourth-order valence-electron chi connectivity index (χ4n) is 1.86. The second-order valence-electron chi connectivity index (χ2n) is 4.97. The van der Waals surface area contributed by atoms with Crippen molar-refractivity contribution in [3.05, 3.63) is 0 Å². The average molecular weight is 293 g/mol. The summed E-state index contributed by atoms with van der Waals surface area (Å²) in [6.07, 6.45) is 7.64. The fraction of sp³-hybridized carbons (Fsp3) is 0.923. The molecule has 0 aromatic heterocycles. The summed E-state index contributed by atoms with van der Waals surface area (Å²) in [6.45, 7) is 2.54. The Morgan fingerprint density at radius 1 is 1.05 bits per heavy atom. The Kier molecular flexibility index (Phi) is 9.87. The molecule has 0 heterocycles. The predicted octanol–water partition coefficient (Wildman–Crippen LogP) is 2.47. The van der Waals surface area contributed by atoms with Crippen molar-refractivity contribution in [3.8, 4) is 0 Å². The van der Waals surface area contributed by atoms with E-state index in [0.29, 0.717) is 13.0 Å². The van der Waals surface area contributed by atoms with Crippen molar-refractivity contribution < 1.29 is 17.8 Å². The highest BCUT2D eigenvalue weighted by Gasteiger charge is 2.10. The zero-order valence-corrected chi connectivity index (χ0v) is 12.9. The van der Waals surface area contributed by atoms with Gasteiger partial charge in [-0.3, -0.25) is 9.35 Å². The maximum Gasteiger partial charge on any atom is 0.264 e. The van der Waals surface area contributed by atoms with Gasteiger partial charge in [-0.2, -0.15) is 8.42 Å². The van der Waals surface area contributed by atoms with E-state index < -0.39 is 10.1 Å². The van der Waals surface area contributed by atoms with Gasteiger partial charge in [0.1, 0.15) is 0 Å². The summed E-state index contributed by atoms with van der Waals surface area (Å²) in [4.78, 5) is 13.2. The standard InChI is InChI=1S/C13H27NO4S/c1-3-4-5-6-7-8-10-13(15)14(2)11-9-12-19(16,17)18/h3-12H2,1-2H3,(H,16,17,18). The summed E-state index contributed by atoms with van der Waals surface area (Å²) >= 11 is 0. The molecule has 0 saturated heterocycles. The highest BCUT2D eigenvalue weighted by atomic mass is 32.2. The molecule has 1 amide bonds. The summed E-state index contributed by atoms with van der Waals surface area (Å²) in [5.74, 6) is -0.243. The SMILES string of the molecule is CCCCCCCCC(=O)N(C)CCCS(=O)(=O)O. The number of amides is 1. The number of carbonyl (C=O) groups excluding carboxylic acids is 1. The van der Waals surface area contributed by atoms with E-state index in [2.05, 4.69) is 6.92 Å². The van der Waals surface area contributed by atoms with Crippen LogP contribution >= 0.6 is 0 Å². The molecule has 0 atom stereocenters. The molecule has 0 rings (SSSR count). The Labute approximate surface area is 117 Å². The number of rotatable bonds is 11. The summed E-state index contributed by atoms with van der Waals surface area (Å²) in [5, 5.41) is 0. The normalized spacial score (nSPS) is 11.5. The average Bonchev–Trinajstić information content (AvgIpc) is 2.31. The lowest BCUT2D eigenvalue weighted by Crippen LogP contribution is -2.28. The summed E-state index contributed by atoms with van der Waals surface area (Å²) < 4.78 is 29.6. The molecule has 5 nitrogen and oxygen atoms in total. The van der Waals surface area contributed by atoms with Crippen molar-refractivity contribution >= 4 is 16.0 Å². The molecular weight excluding hydrogens is 266 g/mol. The smallest absolute Gasteiger partial charge is 0.264 e. The van der Waals surface area contributed by atoms with Crippen LogP contribution in [0.5, 0.6) is 0 Å². The van der Waals surface area contributed by atoms with Gasteiger partial charge in [-0.25, -0.2) is 0 Å². The summed E-state index contributed by atoms with van der Waals surface area (Å²) in [7, 11) is -2.24.